The van der Waals surface area contributed by atoms with Crippen LogP contribution in [0.1, 0.15) is 34.1 Å². The molecule has 0 aliphatic heterocycles. The molecule has 2 heterocycles. The van der Waals surface area contributed by atoms with Crippen molar-refractivity contribution in [3.63, 3.8) is 0 Å². The van der Waals surface area contributed by atoms with Crippen LogP contribution in [0.4, 0.5) is 0 Å². The van der Waals surface area contributed by atoms with Gasteiger partial charge in [0.1, 0.15) is 0 Å². The summed E-state index contributed by atoms with van der Waals surface area (Å²) in [6.07, 6.45) is 3.29. The van der Waals surface area contributed by atoms with Crippen LogP contribution >= 0.6 is 11.6 Å². The summed E-state index contributed by atoms with van der Waals surface area (Å²) >= 11 is 6.30. The Kier molecular flexibility index (Phi) is 4.44. The summed E-state index contributed by atoms with van der Waals surface area (Å²) in [5.74, 6) is -0.452. The molecule has 1 aromatic carbocycles. The highest BCUT2D eigenvalue weighted by molar-refractivity contribution is 6.31. The van der Waals surface area contributed by atoms with Crippen LogP contribution in [0.2, 0.25) is 5.02 Å². The van der Waals surface area contributed by atoms with Crippen molar-refractivity contribution < 1.29 is 9.52 Å². The summed E-state index contributed by atoms with van der Waals surface area (Å²) in [5, 5.41) is 12.4. The second-order valence-electron chi connectivity index (χ2n) is 5.24. The number of halogens is 1. The van der Waals surface area contributed by atoms with E-state index in [4.69, 9.17) is 11.6 Å². The lowest BCUT2D eigenvalue weighted by molar-refractivity contribution is -0.607. The zero-order valence-corrected chi connectivity index (χ0v) is 13.0. The maximum Gasteiger partial charge on any atom is 0.259 e. The van der Waals surface area contributed by atoms with E-state index in [-0.39, 0.29) is 23.8 Å². The Hall–Kier alpha value is -2.59. The van der Waals surface area contributed by atoms with Gasteiger partial charge in [-0.2, -0.15) is 4.73 Å². The number of aromatic amines is 1. The molecule has 0 aliphatic carbocycles. The van der Waals surface area contributed by atoms with Gasteiger partial charge in [0.05, 0.1) is 0 Å². The van der Waals surface area contributed by atoms with E-state index in [1.165, 1.54) is 12.3 Å². The number of hydrogen-bond donors (Lipinski definition) is 1. The molecular weight excluding hydrogens is 312 g/mol. The van der Waals surface area contributed by atoms with Crippen molar-refractivity contribution >= 4 is 17.4 Å². The standard InChI is InChI=1S/C18H15ClN2O2/c19-15-7-2-1-6-13(15)14(16-8-5-10-20-16)12-18(22)17-9-3-4-11-21(17)23/h1-11,14,20H,12H2/t14-/m1/s1. The molecule has 0 unspecified atom stereocenters. The Morgan fingerprint density at radius 1 is 1.13 bits per heavy atom. The average molecular weight is 327 g/mol. The summed E-state index contributed by atoms with van der Waals surface area (Å²) in [6.45, 7) is 0. The van der Waals surface area contributed by atoms with E-state index in [9.17, 15) is 10.0 Å². The molecule has 0 saturated carbocycles. The highest BCUT2D eigenvalue weighted by atomic mass is 35.5. The molecule has 4 nitrogen and oxygen atoms in total. The van der Waals surface area contributed by atoms with E-state index in [1.54, 1.807) is 24.4 Å². The molecule has 0 amide bonds. The average Bonchev–Trinajstić information content (AvgIpc) is 3.08. The number of rotatable bonds is 5. The molecule has 0 aliphatic rings. The van der Waals surface area contributed by atoms with Gasteiger partial charge >= 0.3 is 0 Å². The number of hydrogen-bond acceptors (Lipinski definition) is 2. The number of nitrogens with one attached hydrogen (secondary N) is 1. The van der Waals surface area contributed by atoms with E-state index in [2.05, 4.69) is 4.98 Å². The highest BCUT2D eigenvalue weighted by Gasteiger charge is 2.25. The Labute approximate surface area is 138 Å². The first-order chi connectivity index (χ1) is 11.2. The molecular formula is C18H15ClN2O2. The van der Waals surface area contributed by atoms with Crippen LogP contribution in [0.25, 0.3) is 0 Å². The molecule has 2 aromatic heterocycles. The van der Waals surface area contributed by atoms with Crippen LogP contribution in [0.5, 0.6) is 0 Å². The van der Waals surface area contributed by atoms with Gasteiger partial charge in [-0.1, -0.05) is 29.8 Å². The molecule has 0 fully saturated rings. The summed E-state index contributed by atoms with van der Waals surface area (Å²) in [4.78, 5) is 15.7. The van der Waals surface area contributed by atoms with Gasteiger partial charge in [0.2, 0.25) is 5.78 Å². The fourth-order valence-electron chi connectivity index (χ4n) is 2.64. The Morgan fingerprint density at radius 2 is 1.91 bits per heavy atom. The van der Waals surface area contributed by atoms with Crippen LogP contribution in [-0.2, 0) is 0 Å². The minimum absolute atomic E-state index is 0.135. The number of benzene rings is 1. The van der Waals surface area contributed by atoms with E-state index in [0.717, 1.165) is 11.3 Å². The fraction of sp³-hybridized carbons (Fsp3) is 0.111. The topological polar surface area (TPSA) is 59.8 Å². The van der Waals surface area contributed by atoms with Crippen molar-refractivity contribution in [3.8, 4) is 0 Å². The monoisotopic (exact) mass is 326 g/mol. The number of aromatic nitrogens is 2. The molecule has 0 saturated heterocycles. The summed E-state index contributed by atoms with van der Waals surface area (Å²) in [6, 6.07) is 16.0. The van der Waals surface area contributed by atoms with Gasteiger partial charge in [0, 0.05) is 41.4 Å². The van der Waals surface area contributed by atoms with E-state index in [1.807, 2.05) is 30.3 Å². The fourth-order valence-corrected chi connectivity index (χ4v) is 2.91. The maximum atomic E-state index is 12.6. The van der Waals surface area contributed by atoms with Gasteiger partial charge in [0.15, 0.2) is 6.20 Å². The lowest BCUT2D eigenvalue weighted by Crippen LogP contribution is -2.34. The van der Waals surface area contributed by atoms with Gasteiger partial charge in [-0.3, -0.25) is 4.79 Å². The minimum Gasteiger partial charge on any atom is -0.618 e. The molecule has 3 rings (SSSR count). The zero-order valence-electron chi connectivity index (χ0n) is 12.3. The SMILES string of the molecule is O=C(C[C@@H](c1ccc[nH]1)c1ccccc1Cl)c1cccc[n+]1[O-]. The predicted octanol–water partition coefficient (Wildman–Crippen LogP) is 3.71. The predicted molar refractivity (Wildman–Crippen MR) is 88.4 cm³/mol. The summed E-state index contributed by atoms with van der Waals surface area (Å²) in [5.41, 5.74) is 1.88. The third kappa shape index (κ3) is 3.27. The summed E-state index contributed by atoms with van der Waals surface area (Å²) < 4.78 is 0.598. The molecule has 1 atom stereocenters. The molecule has 0 bridgehead atoms. The molecule has 3 aromatic rings. The van der Waals surface area contributed by atoms with Crippen LogP contribution in [0, 0.1) is 5.21 Å². The molecule has 23 heavy (non-hydrogen) atoms. The molecule has 116 valence electrons. The quantitative estimate of drug-likeness (QED) is 0.441. The molecule has 0 radical (unpaired) electrons. The van der Waals surface area contributed by atoms with Crippen molar-refractivity contribution in [2.75, 3.05) is 0 Å². The van der Waals surface area contributed by atoms with Gasteiger partial charge in [0.25, 0.3) is 5.69 Å². The second-order valence-corrected chi connectivity index (χ2v) is 5.65. The summed E-state index contributed by atoms with van der Waals surface area (Å²) in [7, 11) is 0. The lowest BCUT2D eigenvalue weighted by atomic mass is 9.90. The smallest absolute Gasteiger partial charge is 0.259 e. The minimum atomic E-state index is -0.230. The van der Waals surface area contributed by atoms with Crippen molar-refractivity contribution in [1.82, 2.24) is 4.98 Å². The Morgan fingerprint density at radius 3 is 2.61 bits per heavy atom. The first kappa shape index (κ1) is 15.3. The Bertz CT molecular complexity index is 815. The largest absolute Gasteiger partial charge is 0.618 e. The molecule has 5 heteroatoms. The number of nitrogens with zero attached hydrogens (tertiary/aromatic N) is 1. The van der Waals surface area contributed by atoms with Crippen LogP contribution in [0.15, 0.2) is 67.0 Å². The highest BCUT2D eigenvalue weighted by Crippen LogP contribution is 2.32. The number of Topliss-reactive ketones (excluding diaryl/α,β-unsaturated/α-hetero) is 1. The third-order valence-corrected chi connectivity index (χ3v) is 4.12. The van der Waals surface area contributed by atoms with Crippen molar-refractivity contribution in [1.29, 1.82) is 0 Å². The number of H-pyrrole nitrogens is 1. The van der Waals surface area contributed by atoms with Crippen LogP contribution in [0.3, 0.4) is 0 Å². The Balaban J connectivity index is 1.96. The van der Waals surface area contributed by atoms with E-state index >= 15 is 0 Å². The van der Waals surface area contributed by atoms with Crippen molar-refractivity contribution in [2.24, 2.45) is 0 Å². The van der Waals surface area contributed by atoms with Crippen molar-refractivity contribution in [3.05, 3.63) is 94.2 Å². The van der Waals surface area contributed by atoms with Crippen molar-refractivity contribution in [2.45, 2.75) is 12.3 Å². The molecule has 0 spiro atoms. The number of carbonyl (C=O) groups excluding carboxylic acids is 1. The first-order valence-corrected chi connectivity index (χ1v) is 7.63. The number of carbonyl (C=O) groups is 1. The van der Waals surface area contributed by atoms with Crippen LogP contribution in [-0.4, -0.2) is 10.8 Å². The third-order valence-electron chi connectivity index (χ3n) is 3.78. The number of ketones is 1. The van der Waals surface area contributed by atoms with Gasteiger partial charge in [-0.25, -0.2) is 0 Å². The second kappa shape index (κ2) is 6.67. The van der Waals surface area contributed by atoms with Gasteiger partial charge < -0.3 is 10.2 Å². The van der Waals surface area contributed by atoms with Gasteiger partial charge in [-0.05, 0) is 29.8 Å². The zero-order chi connectivity index (χ0) is 16.2. The molecule has 1 N–H and O–H groups in total. The van der Waals surface area contributed by atoms with E-state index in [0.29, 0.717) is 9.75 Å². The van der Waals surface area contributed by atoms with Gasteiger partial charge in [-0.15, -0.1) is 0 Å². The normalized spacial score (nSPS) is 12.0. The lowest BCUT2D eigenvalue weighted by Gasteiger charge is -2.17. The first-order valence-electron chi connectivity index (χ1n) is 7.26. The maximum absolute atomic E-state index is 12.6. The van der Waals surface area contributed by atoms with E-state index < -0.39 is 0 Å². The number of pyridine rings is 1. The van der Waals surface area contributed by atoms with Crippen LogP contribution < -0.4 is 4.73 Å².